The highest BCUT2D eigenvalue weighted by Crippen LogP contribution is 2.37. The molecule has 3 aromatic rings. The predicted molar refractivity (Wildman–Crippen MR) is 108 cm³/mol. The Morgan fingerprint density at radius 2 is 1.97 bits per heavy atom. The Morgan fingerprint density at radius 1 is 1.17 bits per heavy atom. The van der Waals surface area contributed by atoms with E-state index in [-0.39, 0.29) is 30.9 Å². The zero-order valence-electron chi connectivity index (χ0n) is 16.4. The molecule has 0 radical (unpaired) electrons. The summed E-state index contributed by atoms with van der Waals surface area (Å²) in [6.45, 7) is 0.162. The summed E-state index contributed by atoms with van der Waals surface area (Å²) in [5, 5.41) is 2.10. The lowest BCUT2D eigenvalue weighted by Crippen LogP contribution is -2.28. The molecule has 6 heteroatoms. The number of carbonyl (C=O) groups is 2. The molecule has 4 rings (SSSR count). The number of ether oxygens (including phenoxy) is 2. The summed E-state index contributed by atoms with van der Waals surface area (Å²) in [6, 6.07) is 15.1. The van der Waals surface area contributed by atoms with Crippen molar-refractivity contribution in [3.8, 4) is 5.75 Å². The molecule has 2 unspecified atom stereocenters. The quantitative estimate of drug-likeness (QED) is 0.624. The number of aromatic nitrogens is 1. The number of amides is 1. The molecule has 0 spiro atoms. The molecular formula is C23H22N2O4. The van der Waals surface area contributed by atoms with Gasteiger partial charge in [0.15, 0.2) is 0 Å². The van der Waals surface area contributed by atoms with E-state index in [1.54, 1.807) is 37.5 Å². The van der Waals surface area contributed by atoms with E-state index in [1.165, 1.54) is 0 Å². The standard InChI is InChI=1S/C23H22N2O4/c1-25-21(26)12-20(22(25)18-4-3-9-24-13-18)23(27)29-14-15-5-6-17-11-19(28-2)8-7-16(17)10-15/h3-11,13,20,22H,12,14H2,1-2H3. The van der Waals surface area contributed by atoms with E-state index >= 15 is 0 Å². The minimum absolute atomic E-state index is 0.0690. The third-order valence-electron chi connectivity index (χ3n) is 5.41. The van der Waals surface area contributed by atoms with Crippen LogP contribution in [-0.4, -0.2) is 35.9 Å². The first-order chi connectivity index (χ1) is 14.1. The van der Waals surface area contributed by atoms with Crippen molar-refractivity contribution in [1.82, 2.24) is 9.88 Å². The van der Waals surface area contributed by atoms with Gasteiger partial charge in [-0.15, -0.1) is 0 Å². The number of benzene rings is 2. The van der Waals surface area contributed by atoms with Crippen molar-refractivity contribution in [1.29, 1.82) is 0 Å². The Bertz CT molecular complexity index is 1050. The van der Waals surface area contributed by atoms with Crippen molar-refractivity contribution in [2.75, 3.05) is 14.2 Å². The van der Waals surface area contributed by atoms with Crippen molar-refractivity contribution in [3.05, 3.63) is 72.1 Å². The van der Waals surface area contributed by atoms with Crippen LogP contribution in [0.15, 0.2) is 60.9 Å². The highest BCUT2D eigenvalue weighted by Gasteiger charge is 2.43. The lowest BCUT2D eigenvalue weighted by atomic mass is 9.95. The second kappa shape index (κ2) is 7.91. The lowest BCUT2D eigenvalue weighted by Gasteiger charge is -2.24. The maximum atomic E-state index is 12.8. The number of esters is 1. The maximum absolute atomic E-state index is 12.8. The molecule has 0 saturated carbocycles. The summed E-state index contributed by atoms with van der Waals surface area (Å²) in [5.41, 5.74) is 1.73. The summed E-state index contributed by atoms with van der Waals surface area (Å²) in [6.07, 6.45) is 3.51. The second-order valence-electron chi connectivity index (χ2n) is 7.20. The van der Waals surface area contributed by atoms with Gasteiger partial charge in [0.2, 0.25) is 5.91 Å². The fourth-order valence-electron chi connectivity index (χ4n) is 3.84. The Morgan fingerprint density at radius 3 is 2.72 bits per heavy atom. The summed E-state index contributed by atoms with van der Waals surface area (Å²) in [7, 11) is 3.35. The van der Waals surface area contributed by atoms with Gasteiger partial charge in [-0.2, -0.15) is 0 Å². The first kappa shape index (κ1) is 18.9. The largest absolute Gasteiger partial charge is 0.497 e. The minimum atomic E-state index is -0.540. The predicted octanol–water partition coefficient (Wildman–Crippen LogP) is 3.51. The molecule has 6 nitrogen and oxygen atoms in total. The van der Waals surface area contributed by atoms with Gasteiger partial charge in [-0.1, -0.05) is 24.3 Å². The molecule has 2 aromatic carbocycles. The first-order valence-corrected chi connectivity index (χ1v) is 9.45. The number of methoxy groups -OCH3 is 1. The van der Waals surface area contributed by atoms with Crippen molar-refractivity contribution in [3.63, 3.8) is 0 Å². The third-order valence-corrected chi connectivity index (χ3v) is 5.41. The molecule has 2 atom stereocenters. The second-order valence-corrected chi connectivity index (χ2v) is 7.20. The van der Waals surface area contributed by atoms with Gasteiger partial charge in [0.1, 0.15) is 12.4 Å². The molecule has 2 heterocycles. The molecule has 0 N–H and O–H groups in total. The minimum Gasteiger partial charge on any atom is -0.497 e. The average Bonchev–Trinajstić information content (AvgIpc) is 3.06. The van der Waals surface area contributed by atoms with Crippen molar-refractivity contribution >= 4 is 22.6 Å². The van der Waals surface area contributed by atoms with E-state index in [1.807, 2.05) is 42.5 Å². The van der Waals surface area contributed by atoms with E-state index < -0.39 is 5.92 Å². The molecule has 0 bridgehead atoms. The molecule has 1 aliphatic heterocycles. The SMILES string of the molecule is COc1ccc2cc(COC(=O)C3CC(=O)N(C)C3c3cccnc3)ccc2c1. The smallest absolute Gasteiger partial charge is 0.312 e. The zero-order valence-corrected chi connectivity index (χ0v) is 16.4. The molecule has 1 aromatic heterocycles. The van der Waals surface area contributed by atoms with Crippen LogP contribution in [0, 0.1) is 5.92 Å². The molecule has 148 valence electrons. The van der Waals surface area contributed by atoms with Gasteiger partial charge in [0, 0.05) is 25.9 Å². The summed E-state index contributed by atoms with van der Waals surface area (Å²) < 4.78 is 10.8. The van der Waals surface area contributed by atoms with Gasteiger partial charge in [0.05, 0.1) is 19.1 Å². The van der Waals surface area contributed by atoms with Crippen LogP contribution >= 0.6 is 0 Å². The van der Waals surface area contributed by atoms with Crippen LogP contribution in [0.4, 0.5) is 0 Å². The van der Waals surface area contributed by atoms with E-state index in [2.05, 4.69) is 4.98 Å². The van der Waals surface area contributed by atoms with Crippen LogP contribution < -0.4 is 4.74 Å². The van der Waals surface area contributed by atoms with Gasteiger partial charge < -0.3 is 14.4 Å². The van der Waals surface area contributed by atoms with Crippen LogP contribution in [-0.2, 0) is 20.9 Å². The molecule has 1 fully saturated rings. The Kier molecular flexibility index (Phi) is 5.16. The average molecular weight is 390 g/mol. The lowest BCUT2D eigenvalue weighted by molar-refractivity contribution is -0.150. The van der Waals surface area contributed by atoms with Crippen LogP contribution in [0.3, 0.4) is 0 Å². The molecule has 29 heavy (non-hydrogen) atoms. The molecular weight excluding hydrogens is 368 g/mol. The normalized spacial score (nSPS) is 18.8. The number of fused-ring (bicyclic) bond motifs is 1. The Balaban J connectivity index is 1.48. The van der Waals surface area contributed by atoms with Gasteiger partial charge in [-0.25, -0.2) is 0 Å². The first-order valence-electron chi connectivity index (χ1n) is 9.45. The van der Waals surface area contributed by atoms with Crippen LogP contribution in [0.25, 0.3) is 10.8 Å². The Labute approximate surface area is 169 Å². The zero-order chi connectivity index (χ0) is 20.4. The number of carbonyl (C=O) groups excluding carboxylic acids is 2. The van der Waals surface area contributed by atoms with E-state index in [0.717, 1.165) is 27.6 Å². The molecule has 1 saturated heterocycles. The monoisotopic (exact) mass is 390 g/mol. The van der Waals surface area contributed by atoms with Gasteiger partial charge in [-0.05, 0) is 46.2 Å². The van der Waals surface area contributed by atoms with Crippen molar-refractivity contribution in [2.45, 2.75) is 19.1 Å². The highest BCUT2D eigenvalue weighted by atomic mass is 16.5. The molecule has 1 amide bonds. The van der Waals surface area contributed by atoms with E-state index in [4.69, 9.17) is 9.47 Å². The Hall–Kier alpha value is -3.41. The number of likely N-dealkylation sites (tertiary alicyclic amines) is 1. The van der Waals surface area contributed by atoms with Gasteiger partial charge in [0.25, 0.3) is 0 Å². The highest BCUT2D eigenvalue weighted by molar-refractivity contribution is 5.88. The van der Waals surface area contributed by atoms with E-state index in [9.17, 15) is 9.59 Å². The fraction of sp³-hybridized carbons (Fsp3) is 0.261. The van der Waals surface area contributed by atoms with E-state index in [0.29, 0.717) is 0 Å². The topological polar surface area (TPSA) is 68.7 Å². The van der Waals surface area contributed by atoms with Crippen molar-refractivity contribution in [2.24, 2.45) is 5.92 Å². The summed E-state index contributed by atoms with van der Waals surface area (Å²) in [5.74, 6) is -0.179. The number of nitrogens with zero attached hydrogens (tertiary/aromatic N) is 2. The maximum Gasteiger partial charge on any atom is 0.312 e. The number of hydrogen-bond acceptors (Lipinski definition) is 5. The van der Waals surface area contributed by atoms with Crippen LogP contribution in [0.2, 0.25) is 0 Å². The molecule has 0 aliphatic carbocycles. The third kappa shape index (κ3) is 3.78. The molecule has 1 aliphatic rings. The fourth-order valence-corrected chi connectivity index (χ4v) is 3.84. The van der Waals surface area contributed by atoms with Gasteiger partial charge >= 0.3 is 5.97 Å². The number of hydrogen-bond donors (Lipinski definition) is 0. The van der Waals surface area contributed by atoms with Crippen molar-refractivity contribution < 1.29 is 19.1 Å². The van der Waals surface area contributed by atoms with Crippen LogP contribution in [0.1, 0.15) is 23.6 Å². The van der Waals surface area contributed by atoms with Crippen LogP contribution in [0.5, 0.6) is 5.75 Å². The van der Waals surface area contributed by atoms with Gasteiger partial charge in [-0.3, -0.25) is 14.6 Å². The summed E-state index contributed by atoms with van der Waals surface area (Å²) in [4.78, 5) is 30.8. The number of pyridine rings is 1. The number of rotatable bonds is 5. The summed E-state index contributed by atoms with van der Waals surface area (Å²) >= 11 is 0.